The Hall–Kier alpha value is -1.13. The highest BCUT2D eigenvalue weighted by Gasteiger charge is 2.25. The molecule has 0 aromatic rings. The van der Waals surface area contributed by atoms with Crippen LogP contribution in [0.25, 0.3) is 0 Å². The van der Waals surface area contributed by atoms with E-state index in [2.05, 4.69) is 43.5 Å². The number of aliphatic hydroxyl groups is 2. The molecule has 0 aliphatic rings. The Morgan fingerprint density at radius 1 is 0.605 bits per heavy atom. The van der Waals surface area contributed by atoms with Gasteiger partial charge in [-0.3, -0.25) is 4.79 Å². The largest absolute Gasteiger partial charge is 0.396 e. The molecule has 4 nitrogen and oxygen atoms in total. The molecule has 0 rings (SSSR count). The summed E-state index contributed by atoms with van der Waals surface area (Å²) in [7, 11) is 0. The van der Waals surface area contributed by atoms with E-state index >= 15 is 0 Å². The maximum atomic E-state index is 12.6. The van der Waals surface area contributed by atoms with Gasteiger partial charge in [-0.2, -0.15) is 0 Å². The molecule has 1 amide bonds. The smallest absolute Gasteiger partial charge is 0.220 e. The number of carbonyl (C=O) groups excluding carboxylic acids is 1. The number of hydrogen-bond acceptors (Lipinski definition) is 3. The summed E-state index contributed by atoms with van der Waals surface area (Å²) >= 11 is 0. The monoisotopic (exact) mass is 606 g/mol. The van der Waals surface area contributed by atoms with Crippen molar-refractivity contribution in [3.8, 4) is 0 Å². The second-order valence-corrected chi connectivity index (χ2v) is 13.2. The minimum atomic E-state index is -0.427. The van der Waals surface area contributed by atoms with Crippen LogP contribution in [0, 0.1) is 5.92 Å². The van der Waals surface area contributed by atoms with Crippen LogP contribution in [-0.4, -0.2) is 34.9 Å². The fraction of sp³-hybridized carbons (Fsp3) is 0.872. The average molecular weight is 606 g/mol. The van der Waals surface area contributed by atoms with Gasteiger partial charge in [-0.25, -0.2) is 0 Å². The lowest BCUT2D eigenvalue weighted by Crippen LogP contribution is -2.44. The molecule has 0 aromatic heterocycles. The highest BCUT2D eigenvalue weighted by atomic mass is 16.3. The van der Waals surface area contributed by atoms with E-state index in [0.29, 0.717) is 12.8 Å². The van der Waals surface area contributed by atoms with E-state index in [1.807, 2.05) is 6.92 Å². The molecule has 0 aliphatic carbocycles. The quantitative estimate of drug-likeness (QED) is 0.0515. The van der Waals surface area contributed by atoms with Gasteiger partial charge in [0.1, 0.15) is 0 Å². The molecule has 3 N–H and O–H groups in total. The van der Waals surface area contributed by atoms with E-state index in [-0.39, 0.29) is 24.5 Å². The standard InChI is InChI=1S/C39H75NO3/c1-4-6-8-10-12-14-16-17-18-19-20-21-23-25-27-29-31-33-39(43)40-37(34-35-41)36(3)38(42)32-30-28-26-24-22-15-13-11-9-7-5-2/h12,14,16-17,36-38,41-42H,4-11,13,15,18-35H2,1-3H3,(H,40,43). The zero-order chi connectivity index (χ0) is 31.6. The Balaban J connectivity index is 3.81. The van der Waals surface area contributed by atoms with Gasteiger partial charge in [0.15, 0.2) is 0 Å². The molecule has 0 saturated heterocycles. The summed E-state index contributed by atoms with van der Waals surface area (Å²) in [5, 5.41) is 23.4. The number of nitrogens with one attached hydrogen (secondary N) is 1. The fourth-order valence-electron chi connectivity index (χ4n) is 5.90. The van der Waals surface area contributed by atoms with E-state index < -0.39 is 6.10 Å². The van der Waals surface area contributed by atoms with Gasteiger partial charge in [0, 0.05) is 25.0 Å². The van der Waals surface area contributed by atoms with Crippen LogP contribution in [0.15, 0.2) is 24.3 Å². The molecular weight excluding hydrogens is 530 g/mol. The van der Waals surface area contributed by atoms with Gasteiger partial charge in [-0.1, -0.05) is 167 Å². The Kier molecular flexibility index (Phi) is 32.9. The minimum Gasteiger partial charge on any atom is -0.396 e. The minimum absolute atomic E-state index is 0.0346. The van der Waals surface area contributed by atoms with Gasteiger partial charge < -0.3 is 15.5 Å². The number of aliphatic hydroxyl groups excluding tert-OH is 2. The predicted octanol–water partition coefficient (Wildman–Crippen LogP) is 11.1. The third-order valence-corrected chi connectivity index (χ3v) is 9.01. The van der Waals surface area contributed by atoms with Gasteiger partial charge in [0.05, 0.1) is 6.10 Å². The number of hydrogen-bond donors (Lipinski definition) is 3. The summed E-state index contributed by atoms with van der Waals surface area (Å²) in [5.74, 6) is 0.0257. The summed E-state index contributed by atoms with van der Waals surface area (Å²) in [6, 6.07) is -0.156. The van der Waals surface area contributed by atoms with Crippen LogP contribution in [0.2, 0.25) is 0 Å². The lowest BCUT2D eigenvalue weighted by atomic mass is 9.90. The van der Waals surface area contributed by atoms with Crippen LogP contribution in [0.1, 0.15) is 194 Å². The van der Waals surface area contributed by atoms with Crippen molar-refractivity contribution in [1.29, 1.82) is 0 Å². The third-order valence-electron chi connectivity index (χ3n) is 9.01. The molecule has 0 spiro atoms. The molecule has 0 bridgehead atoms. The van der Waals surface area contributed by atoms with Crippen LogP contribution in [-0.2, 0) is 4.79 Å². The van der Waals surface area contributed by atoms with E-state index in [1.165, 1.54) is 135 Å². The summed E-state index contributed by atoms with van der Waals surface area (Å²) in [6.07, 6.45) is 40.7. The first-order chi connectivity index (χ1) is 21.1. The second kappa shape index (κ2) is 33.8. The van der Waals surface area contributed by atoms with E-state index in [1.54, 1.807) is 0 Å². The molecule has 254 valence electrons. The summed E-state index contributed by atoms with van der Waals surface area (Å²) < 4.78 is 0. The first-order valence-corrected chi connectivity index (χ1v) is 19.0. The molecule has 0 saturated carbocycles. The average Bonchev–Trinajstić information content (AvgIpc) is 3.00. The number of carbonyl (C=O) groups is 1. The topological polar surface area (TPSA) is 69.6 Å². The highest BCUT2D eigenvalue weighted by molar-refractivity contribution is 5.76. The highest BCUT2D eigenvalue weighted by Crippen LogP contribution is 2.19. The van der Waals surface area contributed by atoms with Crippen molar-refractivity contribution in [2.75, 3.05) is 6.61 Å². The van der Waals surface area contributed by atoms with Crippen molar-refractivity contribution < 1.29 is 15.0 Å². The first kappa shape index (κ1) is 41.9. The normalized spacial score (nSPS) is 14.1. The number of rotatable bonds is 33. The van der Waals surface area contributed by atoms with Crippen molar-refractivity contribution in [2.24, 2.45) is 5.92 Å². The van der Waals surface area contributed by atoms with Gasteiger partial charge >= 0.3 is 0 Å². The molecule has 0 fully saturated rings. The summed E-state index contributed by atoms with van der Waals surface area (Å²) in [6.45, 7) is 6.57. The molecule has 0 aromatic carbocycles. The number of allylic oxidation sites excluding steroid dienone is 4. The molecule has 3 atom stereocenters. The Morgan fingerprint density at radius 2 is 1.02 bits per heavy atom. The van der Waals surface area contributed by atoms with Crippen LogP contribution in [0.5, 0.6) is 0 Å². The molecule has 4 heteroatoms. The third kappa shape index (κ3) is 29.3. The molecule has 0 aliphatic heterocycles. The van der Waals surface area contributed by atoms with E-state index in [4.69, 9.17) is 0 Å². The second-order valence-electron chi connectivity index (χ2n) is 13.2. The number of unbranched alkanes of at least 4 members (excludes halogenated alkanes) is 21. The fourth-order valence-corrected chi connectivity index (χ4v) is 5.90. The van der Waals surface area contributed by atoms with Crippen LogP contribution in [0.4, 0.5) is 0 Å². The maximum Gasteiger partial charge on any atom is 0.220 e. The van der Waals surface area contributed by atoms with E-state index in [0.717, 1.165) is 25.7 Å². The van der Waals surface area contributed by atoms with Gasteiger partial charge in [0.25, 0.3) is 0 Å². The Labute approximate surface area is 269 Å². The van der Waals surface area contributed by atoms with E-state index in [9.17, 15) is 15.0 Å². The zero-order valence-corrected chi connectivity index (χ0v) is 29.1. The van der Waals surface area contributed by atoms with Crippen LogP contribution >= 0.6 is 0 Å². The maximum absolute atomic E-state index is 12.6. The number of amides is 1. The lowest BCUT2D eigenvalue weighted by Gasteiger charge is -2.28. The van der Waals surface area contributed by atoms with Crippen molar-refractivity contribution in [2.45, 2.75) is 206 Å². The Morgan fingerprint density at radius 3 is 1.53 bits per heavy atom. The summed E-state index contributed by atoms with van der Waals surface area (Å²) in [4.78, 5) is 12.6. The molecule has 43 heavy (non-hydrogen) atoms. The molecule has 0 heterocycles. The lowest BCUT2D eigenvalue weighted by molar-refractivity contribution is -0.122. The van der Waals surface area contributed by atoms with Crippen molar-refractivity contribution in [1.82, 2.24) is 5.32 Å². The van der Waals surface area contributed by atoms with Crippen molar-refractivity contribution in [3.05, 3.63) is 24.3 Å². The van der Waals surface area contributed by atoms with Crippen molar-refractivity contribution >= 4 is 5.91 Å². The van der Waals surface area contributed by atoms with Crippen molar-refractivity contribution in [3.63, 3.8) is 0 Å². The SMILES string of the molecule is CCCCCC=CC=CCCCCCCCCCCC(=O)NC(CCO)C(C)C(O)CCCCCCCCCCCCC. The van der Waals surface area contributed by atoms with Gasteiger partial charge in [-0.15, -0.1) is 0 Å². The molecule has 0 radical (unpaired) electrons. The van der Waals surface area contributed by atoms with Gasteiger partial charge in [-0.05, 0) is 44.9 Å². The first-order valence-electron chi connectivity index (χ1n) is 19.0. The van der Waals surface area contributed by atoms with Crippen LogP contribution < -0.4 is 5.32 Å². The molecule has 3 unspecified atom stereocenters. The van der Waals surface area contributed by atoms with Gasteiger partial charge in [0.2, 0.25) is 5.91 Å². The van der Waals surface area contributed by atoms with Crippen LogP contribution in [0.3, 0.4) is 0 Å². The zero-order valence-electron chi connectivity index (χ0n) is 29.1. The predicted molar refractivity (Wildman–Crippen MR) is 188 cm³/mol. The summed E-state index contributed by atoms with van der Waals surface area (Å²) in [5.41, 5.74) is 0. The Bertz CT molecular complexity index is 632. The molecular formula is C39H75NO3.